The van der Waals surface area contributed by atoms with Crippen LogP contribution in [0.5, 0.6) is 5.75 Å². The van der Waals surface area contributed by atoms with Gasteiger partial charge < -0.3 is 14.6 Å². The van der Waals surface area contributed by atoms with E-state index in [1.165, 1.54) is 11.3 Å². The molecular weight excluding hydrogens is 324 g/mol. The number of nitrogens with one attached hydrogen (secondary N) is 1. The van der Waals surface area contributed by atoms with E-state index in [-0.39, 0.29) is 5.91 Å². The quantitative estimate of drug-likeness (QED) is 0.765. The number of amides is 1. The first kappa shape index (κ1) is 15.1. The minimum absolute atomic E-state index is 0.0143. The molecule has 0 saturated carbocycles. The number of methoxy groups -OCH3 is 1. The number of benzene rings is 2. The lowest BCUT2D eigenvalue weighted by Crippen LogP contribution is -2.35. The summed E-state index contributed by atoms with van der Waals surface area (Å²) >= 11 is 6.01. The van der Waals surface area contributed by atoms with E-state index in [0.29, 0.717) is 23.7 Å². The molecule has 0 spiro atoms. The molecule has 24 heavy (non-hydrogen) atoms. The number of aromatic nitrogens is 1. The number of rotatable bonds is 2. The van der Waals surface area contributed by atoms with Crippen molar-refractivity contribution >= 4 is 28.4 Å². The Morgan fingerprint density at radius 1 is 1.25 bits per heavy atom. The van der Waals surface area contributed by atoms with Crippen LogP contribution in [-0.2, 0) is 13.0 Å². The summed E-state index contributed by atoms with van der Waals surface area (Å²) in [5, 5.41) is 1.70. The second-order valence-corrected chi connectivity index (χ2v) is 6.39. The number of fused-ring (bicyclic) bond motifs is 3. The van der Waals surface area contributed by atoms with Crippen molar-refractivity contribution in [3.8, 4) is 5.75 Å². The Hall–Kier alpha value is -2.46. The summed E-state index contributed by atoms with van der Waals surface area (Å²) in [5.74, 6) is 0.843. The molecule has 2 aromatic carbocycles. The summed E-state index contributed by atoms with van der Waals surface area (Å²) in [6, 6.07) is 13.1. The number of hydrogen-bond donors (Lipinski definition) is 1. The number of halogens is 1. The molecule has 0 radical (unpaired) electrons. The number of para-hydroxylation sites is 1. The van der Waals surface area contributed by atoms with Crippen LogP contribution in [0.1, 0.15) is 21.6 Å². The van der Waals surface area contributed by atoms with Crippen LogP contribution in [-0.4, -0.2) is 29.4 Å². The van der Waals surface area contributed by atoms with E-state index in [4.69, 9.17) is 16.3 Å². The fraction of sp³-hybridized carbons (Fsp3) is 0.211. The highest BCUT2D eigenvalue weighted by Crippen LogP contribution is 2.33. The van der Waals surface area contributed by atoms with Crippen molar-refractivity contribution in [2.24, 2.45) is 0 Å². The van der Waals surface area contributed by atoms with Gasteiger partial charge in [0.1, 0.15) is 5.75 Å². The molecule has 4 rings (SSSR count). The second-order valence-electron chi connectivity index (χ2n) is 5.95. The number of carbonyl (C=O) groups excluding carboxylic acids is 1. The first-order valence-electron chi connectivity index (χ1n) is 7.88. The summed E-state index contributed by atoms with van der Waals surface area (Å²) in [7, 11) is 1.67. The minimum atomic E-state index is 0.0143. The zero-order valence-corrected chi connectivity index (χ0v) is 14.1. The molecule has 0 fully saturated rings. The van der Waals surface area contributed by atoms with Crippen LogP contribution in [0.4, 0.5) is 0 Å². The molecule has 2 heterocycles. The van der Waals surface area contributed by atoms with E-state index in [9.17, 15) is 4.79 Å². The monoisotopic (exact) mass is 340 g/mol. The third-order valence-corrected chi connectivity index (χ3v) is 4.79. The lowest BCUT2D eigenvalue weighted by molar-refractivity contribution is 0.0735. The largest absolute Gasteiger partial charge is 0.495 e. The first-order chi connectivity index (χ1) is 11.7. The number of carbonyl (C=O) groups is 1. The lowest BCUT2D eigenvalue weighted by Gasteiger charge is -2.27. The van der Waals surface area contributed by atoms with Gasteiger partial charge in [-0.3, -0.25) is 4.79 Å². The van der Waals surface area contributed by atoms with Crippen molar-refractivity contribution in [3.63, 3.8) is 0 Å². The smallest absolute Gasteiger partial charge is 0.254 e. The van der Waals surface area contributed by atoms with Crippen LogP contribution < -0.4 is 4.74 Å². The van der Waals surface area contributed by atoms with Gasteiger partial charge in [0.15, 0.2) is 0 Å². The number of hydrogen-bond acceptors (Lipinski definition) is 2. The summed E-state index contributed by atoms with van der Waals surface area (Å²) < 4.78 is 5.44. The molecule has 4 nitrogen and oxygen atoms in total. The van der Waals surface area contributed by atoms with Crippen molar-refractivity contribution in [3.05, 3.63) is 64.3 Å². The molecule has 0 saturated heterocycles. The van der Waals surface area contributed by atoms with Crippen molar-refractivity contribution in [2.45, 2.75) is 13.0 Å². The molecule has 1 aliphatic heterocycles. The standard InChI is InChI=1S/C19H17ClN2O2/c1-24-17-7-3-6-14-15-11-22(9-8-16(15)21-18(14)17)19(23)12-4-2-5-13(20)10-12/h2-7,10,21H,8-9,11H2,1H3. The number of ether oxygens (including phenoxy) is 1. The number of H-pyrrole nitrogens is 1. The molecule has 3 aromatic rings. The molecule has 1 amide bonds. The molecule has 122 valence electrons. The summed E-state index contributed by atoms with van der Waals surface area (Å²) in [5.41, 5.74) is 3.99. The number of nitrogens with zero attached hydrogens (tertiary/aromatic N) is 1. The molecular formula is C19H17ClN2O2. The highest BCUT2D eigenvalue weighted by Gasteiger charge is 2.25. The zero-order valence-electron chi connectivity index (χ0n) is 13.3. The van der Waals surface area contributed by atoms with Gasteiger partial charge in [-0.1, -0.05) is 29.8 Å². The van der Waals surface area contributed by atoms with Gasteiger partial charge in [0.25, 0.3) is 5.91 Å². The second kappa shape index (κ2) is 5.87. The third-order valence-electron chi connectivity index (χ3n) is 4.55. The molecule has 1 aromatic heterocycles. The van der Waals surface area contributed by atoms with Gasteiger partial charge in [-0.25, -0.2) is 0 Å². The molecule has 1 N–H and O–H groups in total. The highest BCUT2D eigenvalue weighted by molar-refractivity contribution is 6.30. The fourth-order valence-electron chi connectivity index (χ4n) is 3.36. The van der Waals surface area contributed by atoms with Gasteiger partial charge in [0, 0.05) is 46.7 Å². The van der Waals surface area contributed by atoms with Crippen LogP contribution in [0.25, 0.3) is 10.9 Å². The van der Waals surface area contributed by atoms with Crippen molar-refractivity contribution in [1.29, 1.82) is 0 Å². The van der Waals surface area contributed by atoms with Crippen LogP contribution in [0.2, 0.25) is 5.02 Å². The lowest BCUT2D eigenvalue weighted by atomic mass is 10.0. The highest BCUT2D eigenvalue weighted by atomic mass is 35.5. The third kappa shape index (κ3) is 2.43. The van der Waals surface area contributed by atoms with E-state index >= 15 is 0 Å². The Morgan fingerprint density at radius 3 is 2.88 bits per heavy atom. The Morgan fingerprint density at radius 2 is 2.08 bits per heavy atom. The summed E-state index contributed by atoms with van der Waals surface area (Å²) in [4.78, 5) is 18.1. The van der Waals surface area contributed by atoms with Crippen LogP contribution >= 0.6 is 11.6 Å². The average Bonchev–Trinajstić information content (AvgIpc) is 2.99. The van der Waals surface area contributed by atoms with E-state index in [1.807, 2.05) is 29.2 Å². The molecule has 0 aliphatic carbocycles. The Kier molecular flexibility index (Phi) is 3.69. The summed E-state index contributed by atoms with van der Waals surface area (Å²) in [6.45, 7) is 1.28. The predicted octanol–water partition coefficient (Wildman–Crippen LogP) is 4.03. The summed E-state index contributed by atoms with van der Waals surface area (Å²) in [6.07, 6.45) is 0.805. The maximum absolute atomic E-state index is 12.8. The Bertz CT molecular complexity index is 932. The van der Waals surface area contributed by atoms with Gasteiger partial charge in [0.05, 0.1) is 12.6 Å². The van der Waals surface area contributed by atoms with Gasteiger partial charge >= 0.3 is 0 Å². The van der Waals surface area contributed by atoms with Gasteiger partial charge in [-0.2, -0.15) is 0 Å². The van der Waals surface area contributed by atoms with Crippen LogP contribution in [0.15, 0.2) is 42.5 Å². The molecule has 1 aliphatic rings. The van der Waals surface area contributed by atoms with Crippen molar-refractivity contribution in [2.75, 3.05) is 13.7 Å². The minimum Gasteiger partial charge on any atom is -0.495 e. The molecule has 5 heteroatoms. The first-order valence-corrected chi connectivity index (χ1v) is 8.26. The average molecular weight is 341 g/mol. The van der Waals surface area contributed by atoms with E-state index in [0.717, 1.165) is 23.1 Å². The molecule has 0 atom stereocenters. The van der Waals surface area contributed by atoms with Crippen LogP contribution in [0.3, 0.4) is 0 Å². The zero-order chi connectivity index (χ0) is 16.7. The van der Waals surface area contributed by atoms with Gasteiger partial charge in [0.2, 0.25) is 0 Å². The van der Waals surface area contributed by atoms with Crippen molar-refractivity contribution in [1.82, 2.24) is 9.88 Å². The maximum atomic E-state index is 12.8. The van der Waals surface area contributed by atoms with E-state index < -0.39 is 0 Å². The predicted molar refractivity (Wildman–Crippen MR) is 94.7 cm³/mol. The fourth-order valence-corrected chi connectivity index (χ4v) is 3.55. The Balaban J connectivity index is 1.69. The van der Waals surface area contributed by atoms with E-state index in [1.54, 1.807) is 19.2 Å². The van der Waals surface area contributed by atoms with Crippen molar-refractivity contribution < 1.29 is 9.53 Å². The normalized spacial score (nSPS) is 13.8. The molecule has 0 unspecified atom stereocenters. The molecule has 0 bridgehead atoms. The number of aromatic amines is 1. The van der Waals surface area contributed by atoms with E-state index in [2.05, 4.69) is 11.1 Å². The topological polar surface area (TPSA) is 45.3 Å². The van der Waals surface area contributed by atoms with Gasteiger partial charge in [-0.05, 0) is 24.3 Å². The SMILES string of the molecule is COc1cccc2c3c([nH]c12)CCN(C(=O)c1cccc(Cl)c1)C3. The maximum Gasteiger partial charge on any atom is 0.254 e. The van der Waals surface area contributed by atoms with Crippen LogP contribution in [0, 0.1) is 0 Å². The Labute approximate surface area is 145 Å². The van der Waals surface area contributed by atoms with Gasteiger partial charge in [-0.15, -0.1) is 0 Å².